The van der Waals surface area contributed by atoms with E-state index in [1.54, 1.807) is 13.8 Å². The maximum absolute atomic E-state index is 12.5. The number of rotatable bonds is 5. The molecule has 1 atom stereocenters. The molecule has 112 valence electrons. The third kappa shape index (κ3) is 5.49. The monoisotopic (exact) mass is 270 g/mol. The lowest BCUT2D eigenvalue weighted by molar-refractivity contribution is -0.137. The van der Waals surface area contributed by atoms with Crippen molar-refractivity contribution in [1.29, 1.82) is 0 Å². The van der Waals surface area contributed by atoms with Gasteiger partial charge in [-0.2, -0.15) is 0 Å². The van der Waals surface area contributed by atoms with Crippen molar-refractivity contribution >= 4 is 5.91 Å². The van der Waals surface area contributed by atoms with Crippen LogP contribution in [0.1, 0.15) is 53.4 Å². The van der Waals surface area contributed by atoms with Gasteiger partial charge in [-0.05, 0) is 40.2 Å². The van der Waals surface area contributed by atoms with Crippen LogP contribution in [-0.4, -0.2) is 58.6 Å². The standard InChI is InChI=1S/C15H30N2O2/c1-5-16(12-15(3,4)19)13(2)14(18)17-10-8-6-7-9-11-17/h13,19H,5-12H2,1-4H3. The summed E-state index contributed by atoms with van der Waals surface area (Å²) >= 11 is 0. The van der Waals surface area contributed by atoms with Gasteiger partial charge in [-0.25, -0.2) is 0 Å². The normalized spacial score (nSPS) is 19.4. The molecule has 1 heterocycles. The average molecular weight is 270 g/mol. The zero-order valence-electron chi connectivity index (χ0n) is 13.0. The summed E-state index contributed by atoms with van der Waals surface area (Å²) in [6.45, 7) is 10.7. The molecule has 0 radical (unpaired) electrons. The summed E-state index contributed by atoms with van der Waals surface area (Å²) in [5.74, 6) is 0.216. The highest BCUT2D eigenvalue weighted by atomic mass is 16.3. The number of aliphatic hydroxyl groups is 1. The van der Waals surface area contributed by atoms with Crippen LogP contribution in [0.2, 0.25) is 0 Å². The second-order valence-corrected chi connectivity index (χ2v) is 6.29. The van der Waals surface area contributed by atoms with E-state index in [0.29, 0.717) is 6.54 Å². The number of hydrogen-bond donors (Lipinski definition) is 1. The molecule has 1 unspecified atom stereocenters. The van der Waals surface area contributed by atoms with Crippen molar-refractivity contribution < 1.29 is 9.90 Å². The summed E-state index contributed by atoms with van der Waals surface area (Å²) in [7, 11) is 0. The number of nitrogens with zero attached hydrogens (tertiary/aromatic N) is 2. The van der Waals surface area contributed by atoms with Crippen LogP contribution in [0.15, 0.2) is 0 Å². The molecule has 1 saturated heterocycles. The molecule has 1 rings (SSSR count). The van der Waals surface area contributed by atoms with Crippen LogP contribution < -0.4 is 0 Å². The highest BCUT2D eigenvalue weighted by Gasteiger charge is 2.28. The third-order valence-electron chi connectivity index (χ3n) is 3.82. The molecular formula is C15H30N2O2. The number of carbonyl (C=O) groups excluding carboxylic acids is 1. The molecule has 1 aliphatic rings. The molecular weight excluding hydrogens is 240 g/mol. The van der Waals surface area contributed by atoms with Crippen molar-refractivity contribution in [2.75, 3.05) is 26.2 Å². The van der Waals surface area contributed by atoms with E-state index >= 15 is 0 Å². The van der Waals surface area contributed by atoms with Crippen molar-refractivity contribution in [3.63, 3.8) is 0 Å². The van der Waals surface area contributed by atoms with Gasteiger partial charge in [-0.15, -0.1) is 0 Å². The van der Waals surface area contributed by atoms with Crippen LogP contribution in [-0.2, 0) is 4.79 Å². The lowest BCUT2D eigenvalue weighted by Crippen LogP contribution is -2.51. The van der Waals surface area contributed by atoms with Gasteiger partial charge in [0, 0.05) is 19.6 Å². The van der Waals surface area contributed by atoms with Crippen LogP contribution in [0.4, 0.5) is 0 Å². The molecule has 4 nitrogen and oxygen atoms in total. The molecule has 1 fully saturated rings. The van der Waals surface area contributed by atoms with E-state index < -0.39 is 5.60 Å². The van der Waals surface area contributed by atoms with Gasteiger partial charge in [-0.3, -0.25) is 9.69 Å². The number of hydrogen-bond acceptors (Lipinski definition) is 3. The predicted molar refractivity (Wildman–Crippen MR) is 78.1 cm³/mol. The second-order valence-electron chi connectivity index (χ2n) is 6.29. The van der Waals surface area contributed by atoms with Crippen molar-refractivity contribution in [1.82, 2.24) is 9.80 Å². The van der Waals surface area contributed by atoms with Crippen LogP contribution >= 0.6 is 0 Å². The van der Waals surface area contributed by atoms with Crippen LogP contribution in [0.25, 0.3) is 0 Å². The molecule has 1 amide bonds. The Kier molecular flexibility index (Phi) is 6.27. The average Bonchev–Trinajstić information content (AvgIpc) is 2.61. The topological polar surface area (TPSA) is 43.8 Å². The Morgan fingerprint density at radius 3 is 2.21 bits per heavy atom. The van der Waals surface area contributed by atoms with Crippen molar-refractivity contribution in [3.05, 3.63) is 0 Å². The largest absolute Gasteiger partial charge is 0.389 e. The highest BCUT2D eigenvalue weighted by Crippen LogP contribution is 2.14. The molecule has 0 aromatic carbocycles. The zero-order chi connectivity index (χ0) is 14.5. The fourth-order valence-corrected chi connectivity index (χ4v) is 2.73. The fourth-order valence-electron chi connectivity index (χ4n) is 2.73. The maximum Gasteiger partial charge on any atom is 0.239 e. The lowest BCUT2D eigenvalue weighted by Gasteiger charge is -2.34. The Morgan fingerprint density at radius 1 is 1.26 bits per heavy atom. The molecule has 0 aromatic heterocycles. The quantitative estimate of drug-likeness (QED) is 0.829. The van der Waals surface area contributed by atoms with Crippen LogP contribution in [0, 0.1) is 0 Å². The van der Waals surface area contributed by atoms with E-state index in [4.69, 9.17) is 0 Å². The molecule has 0 bridgehead atoms. The number of likely N-dealkylation sites (tertiary alicyclic amines) is 1. The van der Waals surface area contributed by atoms with E-state index in [1.165, 1.54) is 12.8 Å². The molecule has 1 aliphatic heterocycles. The summed E-state index contributed by atoms with van der Waals surface area (Å²) < 4.78 is 0. The molecule has 1 N–H and O–H groups in total. The van der Waals surface area contributed by atoms with Crippen LogP contribution in [0.5, 0.6) is 0 Å². The fraction of sp³-hybridized carbons (Fsp3) is 0.933. The highest BCUT2D eigenvalue weighted by molar-refractivity contribution is 5.81. The summed E-state index contributed by atoms with van der Waals surface area (Å²) in [4.78, 5) is 16.6. The van der Waals surface area contributed by atoms with Gasteiger partial charge in [0.2, 0.25) is 5.91 Å². The lowest BCUT2D eigenvalue weighted by atomic mass is 10.1. The molecule has 0 aromatic rings. The Hall–Kier alpha value is -0.610. The van der Waals surface area contributed by atoms with E-state index in [-0.39, 0.29) is 11.9 Å². The van der Waals surface area contributed by atoms with Gasteiger partial charge in [0.15, 0.2) is 0 Å². The third-order valence-corrected chi connectivity index (χ3v) is 3.82. The first-order chi connectivity index (χ1) is 8.85. The Labute approximate surface area is 117 Å². The molecule has 0 saturated carbocycles. The van der Waals surface area contributed by atoms with Gasteiger partial charge in [0.05, 0.1) is 11.6 Å². The van der Waals surface area contributed by atoms with Gasteiger partial charge in [0.1, 0.15) is 0 Å². The smallest absolute Gasteiger partial charge is 0.239 e. The summed E-state index contributed by atoms with van der Waals surface area (Å²) in [5.41, 5.74) is -0.761. The minimum absolute atomic E-state index is 0.144. The van der Waals surface area contributed by atoms with Crippen LogP contribution in [0.3, 0.4) is 0 Å². The number of carbonyl (C=O) groups is 1. The molecule has 19 heavy (non-hydrogen) atoms. The summed E-state index contributed by atoms with van der Waals surface area (Å²) in [6.07, 6.45) is 4.71. The van der Waals surface area contributed by atoms with Gasteiger partial charge in [0.25, 0.3) is 0 Å². The number of likely N-dealkylation sites (N-methyl/N-ethyl adjacent to an activating group) is 1. The van der Waals surface area contributed by atoms with Gasteiger partial charge >= 0.3 is 0 Å². The second kappa shape index (κ2) is 7.25. The predicted octanol–water partition coefficient (Wildman–Crippen LogP) is 1.87. The van der Waals surface area contributed by atoms with Gasteiger partial charge < -0.3 is 10.0 Å². The summed E-state index contributed by atoms with van der Waals surface area (Å²) in [6, 6.07) is -0.144. The van der Waals surface area contributed by atoms with Crippen molar-refractivity contribution in [2.24, 2.45) is 0 Å². The van der Waals surface area contributed by atoms with E-state index in [2.05, 4.69) is 4.90 Å². The first-order valence-electron chi connectivity index (χ1n) is 7.60. The molecule has 4 heteroatoms. The maximum atomic E-state index is 12.5. The Morgan fingerprint density at radius 2 is 1.79 bits per heavy atom. The SMILES string of the molecule is CCN(CC(C)(C)O)C(C)C(=O)N1CCCCCC1. The molecule has 0 aliphatic carbocycles. The first-order valence-corrected chi connectivity index (χ1v) is 7.60. The summed E-state index contributed by atoms with van der Waals surface area (Å²) in [5, 5.41) is 9.94. The van der Waals surface area contributed by atoms with Crippen molar-refractivity contribution in [2.45, 2.75) is 65.0 Å². The first kappa shape index (κ1) is 16.4. The number of amides is 1. The zero-order valence-corrected chi connectivity index (χ0v) is 13.0. The Balaban J connectivity index is 2.62. The van der Waals surface area contributed by atoms with Crippen molar-refractivity contribution in [3.8, 4) is 0 Å². The van der Waals surface area contributed by atoms with E-state index in [0.717, 1.165) is 32.5 Å². The Bertz CT molecular complexity index is 278. The van der Waals surface area contributed by atoms with E-state index in [9.17, 15) is 9.90 Å². The molecule has 0 spiro atoms. The minimum Gasteiger partial charge on any atom is -0.389 e. The minimum atomic E-state index is -0.761. The van der Waals surface area contributed by atoms with Gasteiger partial charge in [-0.1, -0.05) is 19.8 Å². The van der Waals surface area contributed by atoms with E-state index in [1.807, 2.05) is 18.7 Å².